The summed E-state index contributed by atoms with van der Waals surface area (Å²) in [6.45, 7) is 0. The van der Waals surface area contributed by atoms with Crippen LogP contribution in [0.15, 0.2) is 48.7 Å². The molecule has 3 aromatic rings. The normalized spacial score (nSPS) is 17.4. The van der Waals surface area contributed by atoms with Gasteiger partial charge in [-0.2, -0.15) is 4.98 Å². The molecule has 7 N–H and O–H groups in total. The molecule has 218 valence electrons. The zero-order valence-corrected chi connectivity index (χ0v) is 23.4. The molecule has 0 saturated heterocycles. The molecule has 1 atom stereocenters. The third-order valence-corrected chi connectivity index (χ3v) is 7.36. The summed E-state index contributed by atoms with van der Waals surface area (Å²) in [7, 11) is 1.58. The van der Waals surface area contributed by atoms with Crippen LogP contribution in [0.2, 0.25) is 0 Å². The molecular weight excluding hydrogens is 522 g/mol. The second-order valence-corrected chi connectivity index (χ2v) is 10.4. The van der Waals surface area contributed by atoms with Crippen LogP contribution in [0, 0.1) is 0 Å². The van der Waals surface area contributed by atoms with Gasteiger partial charge in [-0.05, 0) is 62.3 Å². The Balaban J connectivity index is 1.49. The van der Waals surface area contributed by atoms with Crippen molar-refractivity contribution in [3.05, 3.63) is 54.2 Å². The Morgan fingerprint density at radius 1 is 1.02 bits per heavy atom. The van der Waals surface area contributed by atoms with Crippen molar-refractivity contribution < 1.29 is 19.4 Å². The van der Waals surface area contributed by atoms with E-state index in [0.29, 0.717) is 42.6 Å². The lowest BCUT2D eigenvalue weighted by molar-refractivity contribution is -0.120. The highest BCUT2D eigenvalue weighted by molar-refractivity contribution is 5.82. The van der Waals surface area contributed by atoms with Crippen LogP contribution in [0.1, 0.15) is 69.3 Å². The molecule has 0 radical (unpaired) electrons. The van der Waals surface area contributed by atoms with Gasteiger partial charge in [0.25, 0.3) is 0 Å². The quantitative estimate of drug-likeness (QED) is 0.182. The number of ether oxygens (including phenoxy) is 1. The van der Waals surface area contributed by atoms with Gasteiger partial charge in [0.05, 0.1) is 30.4 Å². The monoisotopic (exact) mass is 561 g/mol. The highest BCUT2D eigenvalue weighted by Gasteiger charge is 2.22. The summed E-state index contributed by atoms with van der Waals surface area (Å²) < 4.78 is 5.30. The molecular formula is C30H39N7O4. The van der Waals surface area contributed by atoms with Gasteiger partial charge in [-0.25, -0.2) is 9.97 Å². The van der Waals surface area contributed by atoms with E-state index in [2.05, 4.69) is 20.6 Å². The number of carbonyl (C=O) groups excluding carboxylic acids is 2. The lowest BCUT2D eigenvalue weighted by Crippen LogP contribution is -2.29. The number of primary amides is 2. The molecule has 1 unspecified atom stereocenters. The summed E-state index contributed by atoms with van der Waals surface area (Å²) in [6, 6.07) is 13.2. The highest BCUT2D eigenvalue weighted by atomic mass is 16.5. The Kier molecular flexibility index (Phi) is 10.4. The predicted octanol–water partition coefficient (Wildman–Crippen LogP) is 4.01. The van der Waals surface area contributed by atoms with Crippen LogP contribution in [-0.2, 0) is 9.59 Å². The number of methoxy groups -OCH3 is 1. The molecule has 1 aromatic carbocycles. The van der Waals surface area contributed by atoms with Crippen molar-refractivity contribution in [3.63, 3.8) is 0 Å². The van der Waals surface area contributed by atoms with Crippen molar-refractivity contribution in [3.8, 4) is 17.1 Å². The molecule has 1 aliphatic rings. The molecule has 0 aliphatic heterocycles. The van der Waals surface area contributed by atoms with E-state index in [-0.39, 0.29) is 24.0 Å². The standard InChI is InChI=1S/C30H39N7O4/c1-41-27-9-5-7-25(36-27)24-18-33-30(37-29(24)34-20-14-16-22(38)17-15-20)35-21-12-10-19(11-13-21)23(28(32)40)6-3-2-4-8-26(31)39/h5,7,9-13,18,20,22-23,38H,2-4,6,8,14-17H2,1H3,(H2,31,39)(H2,32,40)(H2,33,34,35,37). The van der Waals surface area contributed by atoms with Gasteiger partial charge in [0, 0.05) is 30.4 Å². The number of unbranched alkanes of at least 4 members (excludes halogenated alkanes) is 2. The lowest BCUT2D eigenvalue weighted by Gasteiger charge is -2.27. The fourth-order valence-electron chi connectivity index (χ4n) is 5.06. The SMILES string of the molecule is COc1cccc(-c2cnc(Nc3ccc(C(CCCCCC(N)=O)C(N)=O)cc3)nc2NC2CCC(O)CC2)n1. The maximum atomic E-state index is 12.1. The minimum atomic E-state index is -0.409. The summed E-state index contributed by atoms with van der Waals surface area (Å²) in [5.74, 6) is 0.448. The molecule has 0 bridgehead atoms. The van der Waals surface area contributed by atoms with Crippen molar-refractivity contribution in [2.45, 2.75) is 75.9 Å². The number of nitrogens with two attached hydrogens (primary N) is 2. The average molecular weight is 562 g/mol. The van der Waals surface area contributed by atoms with Crippen LogP contribution in [0.5, 0.6) is 5.88 Å². The molecule has 4 rings (SSSR count). The number of rotatable bonds is 14. The van der Waals surface area contributed by atoms with E-state index >= 15 is 0 Å². The first kappa shape index (κ1) is 29.7. The van der Waals surface area contributed by atoms with Gasteiger partial charge in [-0.3, -0.25) is 9.59 Å². The molecule has 11 nitrogen and oxygen atoms in total. The summed E-state index contributed by atoms with van der Waals surface area (Å²) in [4.78, 5) is 36.9. The van der Waals surface area contributed by atoms with E-state index in [1.807, 2.05) is 36.4 Å². The zero-order valence-electron chi connectivity index (χ0n) is 23.4. The van der Waals surface area contributed by atoms with E-state index in [9.17, 15) is 14.7 Å². The minimum absolute atomic E-state index is 0.173. The van der Waals surface area contributed by atoms with Crippen LogP contribution in [0.25, 0.3) is 11.3 Å². The maximum absolute atomic E-state index is 12.1. The third-order valence-electron chi connectivity index (χ3n) is 7.36. The molecule has 1 aliphatic carbocycles. The molecule has 11 heteroatoms. The molecule has 2 amide bonds. The van der Waals surface area contributed by atoms with Crippen LogP contribution >= 0.6 is 0 Å². The molecule has 2 heterocycles. The van der Waals surface area contributed by atoms with Gasteiger partial charge in [0.2, 0.25) is 23.6 Å². The van der Waals surface area contributed by atoms with Crippen LogP contribution < -0.4 is 26.8 Å². The van der Waals surface area contributed by atoms with Crippen LogP contribution in [-0.4, -0.2) is 51.1 Å². The van der Waals surface area contributed by atoms with Crippen LogP contribution in [0.4, 0.5) is 17.5 Å². The maximum Gasteiger partial charge on any atom is 0.229 e. The van der Waals surface area contributed by atoms with E-state index in [4.69, 9.17) is 21.2 Å². The molecule has 2 aromatic heterocycles. The van der Waals surface area contributed by atoms with Crippen molar-refractivity contribution in [1.82, 2.24) is 15.0 Å². The van der Waals surface area contributed by atoms with Gasteiger partial charge in [0.1, 0.15) is 5.82 Å². The molecule has 1 fully saturated rings. The highest BCUT2D eigenvalue weighted by Crippen LogP contribution is 2.31. The van der Waals surface area contributed by atoms with E-state index in [0.717, 1.165) is 55.3 Å². The number of hydrogen-bond acceptors (Lipinski definition) is 9. The first-order chi connectivity index (χ1) is 19.8. The summed E-state index contributed by atoms with van der Waals surface area (Å²) in [5.41, 5.74) is 13.9. The van der Waals surface area contributed by atoms with Crippen LogP contribution in [0.3, 0.4) is 0 Å². The van der Waals surface area contributed by atoms with E-state index in [1.165, 1.54) is 0 Å². The topological polar surface area (TPSA) is 178 Å². The first-order valence-electron chi connectivity index (χ1n) is 14.1. The van der Waals surface area contributed by atoms with Crippen molar-refractivity contribution in [2.24, 2.45) is 11.5 Å². The van der Waals surface area contributed by atoms with Crippen molar-refractivity contribution in [2.75, 3.05) is 17.7 Å². The van der Waals surface area contributed by atoms with Gasteiger partial charge in [0.15, 0.2) is 0 Å². The third kappa shape index (κ3) is 8.62. The smallest absolute Gasteiger partial charge is 0.229 e. The number of anilines is 3. The second kappa shape index (κ2) is 14.4. The number of amides is 2. The lowest BCUT2D eigenvalue weighted by atomic mass is 9.92. The van der Waals surface area contributed by atoms with E-state index in [1.54, 1.807) is 19.4 Å². The molecule has 41 heavy (non-hydrogen) atoms. The summed E-state index contributed by atoms with van der Waals surface area (Å²) in [5, 5.41) is 16.7. The van der Waals surface area contributed by atoms with Crippen molar-refractivity contribution in [1.29, 1.82) is 0 Å². The van der Waals surface area contributed by atoms with Gasteiger partial charge in [-0.15, -0.1) is 0 Å². The Bertz CT molecular complexity index is 1310. The number of hydrogen-bond donors (Lipinski definition) is 5. The largest absolute Gasteiger partial charge is 0.481 e. The molecule has 1 saturated carbocycles. The zero-order chi connectivity index (χ0) is 29.2. The van der Waals surface area contributed by atoms with Gasteiger partial charge in [-0.1, -0.05) is 31.0 Å². The van der Waals surface area contributed by atoms with Gasteiger partial charge >= 0.3 is 0 Å². The summed E-state index contributed by atoms with van der Waals surface area (Å²) >= 11 is 0. The fraction of sp³-hybridized carbons (Fsp3) is 0.433. The number of nitrogens with zero attached hydrogens (tertiary/aromatic N) is 3. The average Bonchev–Trinajstić information content (AvgIpc) is 2.96. The Morgan fingerprint density at radius 3 is 2.46 bits per heavy atom. The minimum Gasteiger partial charge on any atom is -0.481 e. The number of pyridine rings is 1. The first-order valence-corrected chi connectivity index (χ1v) is 14.1. The van der Waals surface area contributed by atoms with Crippen molar-refractivity contribution >= 4 is 29.3 Å². The Morgan fingerprint density at radius 2 is 1.78 bits per heavy atom. The second-order valence-electron chi connectivity index (χ2n) is 10.4. The van der Waals surface area contributed by atoms with E-state index < -0.39 is 5.92 Å². The number of aromatic nitrogens is 3. The number of aliphatic hydroxyl groups is 1. The number of benzene rings is 1. The molecule has 0 spiro atoms. The number of carbonyl (C=O) groups is 2. The number of nitrogens with one attached hydrogen (secondary N) is 2. The fourth-order valence-corrected chi connectivity index (χ4v) is 5.06. The predicted molar refractivity (Wildman–Crippen MR) is 158 cm³/mol. The Hall–Kier alpha value is -4.25. The summed E-state index contributed by atoms with van der Waals surface area (Å²) in [6.07, 6.45) is 7.88. The number of aliphatic hydroxyl groups excluding tert-OH is 1. The van der Waals surface area contributed by atoms with Gasteiger partial charge < -0.3 is 31.9 Å². The Labute approximate surface area is 240 Å².